The molecule has 1 fully saturated rings. The summed E-state index contributed by atoms with van der Waals surface area (Å²) in [5.74, 6) is 0.444. The van der Waals surface area contributed by atoms with Crippen molar-refractivity contribution in [2.24, 2.45) is 0 Å². The smallest absolute Gasteiger partial charge is 0.317 e. The second-order valence-corrected chi connectivity index (χ2v) is 9.49. The third kappa shape index (κ3) is 3.70. The fourth-order valence-electron chi connectivity index (χ4n) is 5.53. The Labute approximate surface area is 182 Å². The van der Waals surface area contributed by atoms with Crippen LogP contribution in [0, 0.1) is 6.92 Å². The molecule has 1 saturated heterocycles. The van der Waals surface area contributed by atoms with Crippen molar-refractivity contribution in [3.05, 3.63) is 33.4 Å². The monoisotopic (exact) mass is 460 g/mol. The quantitative estimate of drug-likeness (QED) is 0.673. The number of rotatable bonds is 5. The Balaban J connectivity index is 1.69. The van der Waals surface area contributed by atoms with Crippen LogP contribution in [0.5, 0.6) is 0 Å². The van der Waals surface area contributed by atoms with E-state index in [1.54, 1.807) is 0 Å². The van der Waals surface area contributed by atoms with E-state index in [0.717, 1.165) is 49.9 Å². The summed E-state index contributed by atoms with van der Waals surface area (Å²) in [5.41, 5.74) is 5.45. The number of urea groups is 1. The van der Waals surface area contributed by atoms with Gasteiger partial charge in [0.05, 0.1) is 0 Å². The minimum Gasteiger partial charge on any atom is -0.358 e. The van der Waals surface area contributed by atoms with Crippen molar-refractivity contribution in [2.45, 2.75) is 65.0 Å². The fraction of sp³-hybridized carbons (Fsp3) is 0.609. The number of hydrogen-bond donors (Lipinski definition) is 2. The highest BCUT2D eigenvalue weighted by atomic mass is 79.9. The summed E-state index contributed by atoms with van der Waals surface area (Å²) in [6.07, 6.45) is 3.24. The highest BCUT2D eigenvalue weighted by molar-refractivity contribution is 9.10. The van der Waals surface area contributed by atoms with E-state index in [-0.39, 0.29) is 12.1 Å². The summed E-state index contributed by atoms with van der Waals surface area (Å²) in [5, 5.41) is 4.76. The van der Waals surface area contributed by atoms with Crippen LogP contribution in [0.3, 0.4) is 0 Å². The molecule has 2 aliphatic rings. The van der Waals surface area contributed by atoms with E-state index >= 15 is 0 Å². The predicted octanol–water partition coefficient (Wildman–Crippen LogP) is 4.78. The van der Waals surface area contributed by atoms with Crippen LogP contribution in [0.15, 0.2) is 16.6 Å². The van der Waals surface area contributed by atoms with Crippen molar-refractivity contribution in [1.29, 1.82) is 0 Å². The largest absolute Gasteiger partial charge is 0.358 e. The molecule has 1 aliphatic carbocycles. The number of hydrogen-bond acceptors (Lipinski definition) is 2. The first kappa shape index (κ1) is 20.7. The maximum atomic E-state index is 12.7. The van der Waals surface area contributed by atoms with Crippen LogP contribution in [0.1, 0.15) is 56.4 Å². The summed E-state index contributed by atoms with van der Waals surface area (Å²) in [7, 11) is 0. The molecule has 0 bridgehead atoms. The third-order valence-electron chi connectivity index (χ3n) is 6.84. The SMILES string of the molecule is CCCN1C[C@@H](NC(=O)N(CC)CC)C[C@@H]2c3cc(Br)cc4[nH]c(C)c(c34)C[C@H]21. The van der Waals surface area contributed by atoms with Crippen molar-refractivity contribution in [3.8, 4) is 0 Å². The second kappa shape index (κ2) is 8.31. The summed E-state index contributed by atoms with van der Waals surface area (Å²) in [6.45, 7) is 12.0. The summed E-state index contributed by atoms with van der Waals surface area (Å²) < 4.78 is 1.13. The first-order valence-corrected chi connectivity index (χ1v) is 11.9. The Morgan fingerprint density at radius 3 is 2.76 bits per heavy atom. The number of carbonyl (C=O) groups excluding carboxylic acids is 1. The molecule has 2 heterocycles. The van der Waals surface area contributed by atoms with Crippen LogP contribution in [0.2, 0.25) is 0 Å². The Bertz CT molecular complexity index is 904. The number of nitrogens with one attached hydrogen (secondary N) is 2. The van der Waals surface area contributed by atoms with Gasteiger partial charge in [-0.2, -0.15) is 0 Å². The molecule has 4 rings (SSSR count). The molecule has 1 aliphatic heterocycles. The van der Waals surface area contributed by atoms with Gasteiger partial charge in [0.2, 0.25) is 0 Å². The fourth-order valence-corrected chi connectivity index (χ4v) is 6.00. The Kier molecular flexibility index (Phi) is 5.94. The number of H-pyrrole nitrogens is 1. The van der Waals surface area contributed by atoms with E-state index in [1.165, 1.54) is 27.7 Å². The van der Waals surface area contributed by atoms with Crippen LogP contribution in [-0.4, -0.2) is 59.1 Å². The van der Waals surface area contributed by atoms with E-state index in [0.29, 0.717) is 12.0 Å². The number of halogens is 1. The molecule has 0 saturated carbocycles. The van der Waals surface area contributed by atoms with E-state index in [9.17, 15) is 4.79 Å². The zero-order valence-electron chi connectivity index (χ0n) is 18.0. The van der Waals surface area contributed by atoms with Crippen molar-refractivity contribution in [2.75, 3.05) is 26.2 Å². The molecular weight excluding hydrogens is 428 g/mol. The molecule has 29 heavy (non-hydrogen) atoms. The van der Waals surface area contributed by atoms with Gasteiger partial charge < -0.3 is 15.2 Å². The first-order valence-electron chi connectivity index (χ1n) is 11.1. The number of nitrogens with zero attached hydrogens (tertiary/aromatic N) is 2. The van der Waals surface area contributed by atoms with Gasteiger partial charge in [-0.05, 0) is 69.8 Å². The van der Waals surface area contributed by atoms with E-state index in [1.807, 2.05) is 18.7 Å². The first-order chi connectivity index (χ1) is 14.0. The minimum atomic E-state index is 0.0725. The minimum absolute atomic E-state index is 0.0725. The van der Waals surface area contributed by atoms with Crippen LogP contribution >= 0.6 is 15.9 Å². The molecule has 0 spiro atoms. The summed E-state index contributed by atoms with van der Waals surface area (Å²) in [4.78, 5) is 20.8. The molecule has 0 unspecified atom stereocenters. The van der Waals surface area contributed by atoms with Crippen LogP contribution in [-0.2, 0) is 6.42 Å². The number of carbonyl (C=O) groups is 1. The molecule has 5 nitrogen and oxygen atoms in total. The topological polar surface area (TPSA) is 51.4 Å². The highest BCUT2D eigenvalue weighted by Gasteiger charge is 2.41. The second-order valence-electron chi connectivity index (χ2n) is 8.57. The van der Waals surface area contributed by atoms with Gasteiger partial charge in [-0.15, -0.1) is 0 Å². The van der Waals surface area contributed by atoms with Gasteiger partial charge in [-0.25, -0.2) is 4.79 Å². The van der Waals surface area contributed by atoms with E-state index in [2.05, 4.69) is 57.1 Å². The lowest BCUT2D eigenvalue weighted by Gasteiger charge is -2.47. The maximum Gasteiger partial charge on any atom is 0.317 e. The Morgan fingerprint density at radius 1 is 1.31 bits per heavy atom. The zero-order valence-corrected chi connectivity index (χ0v) is 19.6. The molecular formula is C23H33BrN4O. The van der Waals surface area contributed by atoms with Gasteiger partial charge in [0, 0.05) is 58.7 Å². The number of aromatic amines is 1. The van der Waals surface area contributed by atoms with Gasteiger partial charge in [0.15, 0.2) is 0 Å². The summed E-state index contributed by atoms with van der Waals surface area (Å²) in [6, 6.07) is 5.28. The molecule has 3 atom stereocenters. The van der Waals surface area contributed by atoms with Crippen LogP contribution in [0.25, 0.3) is 10.9 Å². The number of fused-ring (bicyclic) bond motifs is 2. The third-order valence-corrected chi connectivity index (χ3v) is 7.30. The number of benzene rings is 1. The van der Waals surface area contributed by atoms with Crippen LogP contribution in [0.4, 0.5) is 4.79 Å². The number of amides is 2. The zero-order chi connectivity index (χ0) is 20.7. The van der Waals surface area contributed by atoms with Gasteiger partial charge in [0.1, 0.15) is 0 Å². The molecule has 0 radical (unpaired) electrons. The lowest BCUT2D eigenvalue weighted by atomic mass is 9.73. The van der Waals surface area contributed by atoms with E-state index in [4.69, 9.17) is 0 Å². The number of piperidine rings is 1. The van der Waals surface area contributed by atoms with Crippen molar-refractivity contribution >= 4 is 32.9 Å². The van der Waals surface area contributed by atoms with Crippen molar-refractivity contribution in [1.82, 2.24) is 20.1 Å². The normalized spacial score (nSPS) is 23.8. The molecule has 2 aromatic rings. The Hall–Kier alpha value is -1.53. The van der Waals surface area contributed by atoms with Gasteiger partial charge in [0.25, 0.3) is 0 Å². The number of aryl methyl sites for hydroxylation is 1. The van der Waals surface area contributed by atoms with Gasteiger partial charge in [-0.1, -0.05) is 22.9 Å². The average Bonchev–Trinajstić information content (AvgIpc) is 2.99. The van der Waals surface area contributed by atoms with Gasteiger partial charge >= 0.3 is 6.03 Å². The number of aromatic nitrogens is 1. The molecule has 158 valence electrons. The standard InChI is InChI=1S/C23H33BrN4O/c1-5-8-28-13-16(26-23(29)27(6-2)7-3)11-18-19-9-15(24)10-20-22(19)17(12-21(18)28)14(4)25-20/h9-10,16,18,21,25H,5-8,11-13H2,1-4H3,(H,26,29)/t16-,18+,21+/m0/s1. The highest BCUT2D eigenvalue weighted by Crippen LogP contribution is 2.45. The van der Waals surface area contributed by atoms with Crippen LogP contribution < -0.4 is 5.32 Å². The van der Waals surface area contributed by atoms with E-state index < -0.39 is 0 Å². The lowest BCUT2D eigenvalue weighted by molar-refractivity contribution is 0.0978. The average molecular weight is 461 g/mol. The van der Waals surface area contributed by atoms with Gasteiger partial charge in [-0.3, -0.25) is 4.90 Å². The maximum absolute atomic E-state index is 12.7. The molecule has 1 aromatic heterocycles. The summed E-state index contributed by atoms with van der Waals surface area (Å²) >= 11 is 3.73. The molecule has 6 heteroatoms. The molecule has 2 N–H and O–H groups in total. The Morgan fingerprint density at radius 2 is 2.07 bits per heavy atom. The predicted molar refractivity (Wildman–Crippen MR) is 123 cm³/mol. The molecule has 2 amide bonds. The lowest BCUT2D eigenvalue weighted by Crippen LogP contribution is -2.57. The number of likely N-dealkylation sites (tertiary alicyclic amines) is 1. The van der Waals surface area contributed by atoms with Crippen molar-refractivity contribution in [3.63, 3.8) is 0 Å². The van der Waals surface area contributed by atoms with Crippen molar-refractivity contribution < 1.29 is 4.79 Å². The molecule has 1 aromatic carbocycles.